The molecule has 1 atom stereocenters. The van der Waals surface area contributed by atoms with Gasteiger partial charge in [0.2, 0.25) is 0 Å². The Labute approximate surface area is 114 Å². The molecule has 1 amide bonds. The molecular formula is C15H20N2O2. The maximum atomic E-state index is 12.2. The summed E-state index contributed by atoms with van der Waals surface area (Å²) in [6.45, 7) is 6.96. The Balaban J connectivity index is 2.30. The van der Waals surface area contributed by atoms with E-state index in [1.807, 2.05) is 25.2 Å². The minimum Gasteiger partial charge on any atom is -0.489 e. The fraction of sp³-hybridized carbons (Fsp3) is 0.400. The summed E-state index contributed by atoms with van der Waals surface area (Å²) in [4.78, 5) is 16.0. The molecule has 1 aromatic rings. The van der Waals surface area contributed by atoms with Crippen LogP contribution in [0, 0.1) is 0 Å². The molecule has 0 saturated heterocycles. The highest BCUT2D eigenvalue weighted by molar-refractivity contribution is 5.95. The number of ether oxygens (including phenoxy) is 1. The molecule has 0 spiro atoms. The third kappa shape index (κ3) is 2.57. The van der Waals surface area contributed by atoms with E-state index in [9.17, 15) is 4.79 Å². The number of anilines is 1. The highest BCUT2D eigenvalue weighted by Crippen LogP contribution is 2.33. The Morgan fingerprint density at radius 3 is 3.05 bits per heavy atom. The number of likely N-dealkylation sites (N-methyl/N-ethyl adjacent to an activating group) is 2. The van der Waals surface area contributed by atoms with Crippen molar-refractivity contribution in [3.8, 4) is 5.75 Å². The van der Waals surface area contributed by atoms with Crippen molar-refractivity contribution in [2.24, 2.45) is 0 Å². The summed E-state index contributed by atoms with van der Waals surface area (Å²) in [5, 5.41) is 0. The van der Waals surface area contributed by atoms with Gasteiger partial charge in [-0.2, -0.15) is 0 Å². The van der Waals surface area contributed by atoms with Crippen LogP contribution in [-0.2, 0) is 0 Å². The van der Waals surface area contributed by atoms with Gasteiger partial charge in [0.25, 0.3) is 5.91 Å². The van der Waals surface area contributed by atoms with Crippen molar-refractivity contribution in [2.45, 2.75) is 13.0 Å². The standard InChI is InChI=1S/C15H20N2O2/c1-5-8-16(3)15(18)12-6-7-14-13(9-12)17(4)11(2)10-19-14/h5-7,9,11H,1,8,10H2,2-4H3/t11-/m0/s1. The fourth-order valence-electron chi connectivity index (χ4n) is 2.10. The van der Waals surface area contributed by atoms with E-state index in [0.29, 0.717) is 24.8 Å². The Kier molecular flexibility index (Phi) is 3.79. The average Bonchev–Trinajstić information content (AvgIpc) is 2.42. The topological polar surface area (TPSA) is 32.8 Å². The molecule has 0 saturated carbocycles. The van der Waals surface area contributed by atoms with Crippen LogP contribution in [0.1, 0.15) is 17.3 Å². The predicted molar refractivity (Wildman–Crippen MR) is 77.0 cm³/mol. The molecular weight excluding hydrogens is 240 g/mol. The number of nitrogens with zero attached hydrogens (tertiary/aromatic N) is 2. The first kappa shape index (κ1) is 13.5. The van der Waals surface area contributed by atoms with Crippen LogP contribution in [0.3, 0.4) is 0 Å². The summed E-state index contributed by atoms with van der Waals surface area (Å²) in [5.74, 6) is 0.831. The van der Waals surface area contributed by atoms with Crippen LogP contribution in [0.25, 0.3) is 0 Å². The molecule has 0 bridgehead atoms. The van der Waals surface area contributed by atoms with Gasteiger partial charge < -0.3 is 14.5 Å². The quantitative estimate of drug-likeness (QED) is 0.781. The molecule has 4 heteroatoms. The molecule has 1 aliphatic rings. The van der Waals surface area contributed by atoms with Gasteiger partial charge in [0.1, 0.15) is 12.4 Å². The highest BCUT2D eigenvalue weighted by atomic mass is 16.5. The van der Waals surface area contributed by atoms with E-state index in [0.717, 1.165) is 11.4 Å². The zero-order valence-corrected chi connectivity index (χ0v) is 11.7. The van der Waals surface area contributed by atoms with E-state index in [4.69, 9.17) is 4.74 Å². The molecule has 0 fully saturated rings. The van der Waals surface area contributed by atoms with Gasteiger partial charge in [0.05, 0.1) is 11.7 Å². The summed E-state index contributed by atoms with van der Waals surface area (Å²) >= 11 is 0. The summed E-state index contributed by atoms with van der Waals surface area (Å²) < 4.78 is 5.67. The largest absolute Gasteiger partial charge is 0.489 e. The van der Waals surface area contributed by atoms with Crippen molar-refractivity contribution >= 4 is 11.6 Å². The predicted octanol–water partition coefficient (Wildman–Crippen LogP) is 2.16. The highest BCUT2D eigenvalue weighted by Gasteiger charge is 2.23. The van der Waals surface area contributed by atoms with E-state index < -0.39 is 0 Å². The van der Waals surface area contributed by atoms with Crippen molar-refractivity contribution in [2.75, 3.05) is 32.1 Å². The Hall–Kier alpha value is -1.97. The van der Waals surface area contributed by atoms with Gasteiger partial charge in [-0.15, -0.1) is 6.58 Å². The summed E-state index contributed by atoms with van der Waals surface area (Å²) in [6.07, 6.45) is 1.72. The third-order valence-electron chi connectivity index (χ3n) is 3.48. The molecule has 0 aromatic heterocycles. The second-order valence-electron chi connectivity index (χ2n) is 4.93. The number of fused-ring (bicyclic) bond motifs is 1. The van der Waals surface area contributed by atoms with Crippen LogP contribution in [0.4, 0.5) is 5.69 Å². The van der Waals surface area contributed by atoms with Crippen molar-refractivity contribution in [3.63, 3.8) is 0 Å². The molecule has 1 heterocycles. The molecule has 4 nitrogen and oxygen atoms in total. The Morgan fingerprint density at radius 1 is 1.63 bits per heavy atom. The number of hydrogen-bond donors (Lipinski definition) is 0. The smallest absolute Gasteiger partial charge is 0.253 e. The number of hydrogen-bond acceptors (Lipinski definition) is 3. The number of benzene rings is 1. The molecule has 102 valence electrons. The lowest BCUT2D eigenvalue weighted by Gasteiger charge is -2.34. The number of carbonyl (C=O) groups is 1. The second kappa shape index (κ2) is 5.34. The maximum absolute atomic E-state index is 12.2. The minimum absolute atomic E-state index is 0.00525. The van der Waals surface area contributed by atoms with Crippen molar-refractivity contribution in [1.82, 2.24) is 4.90 Å². The first-order chi connectivity index (χ1) is 9.04. The van der Waals surface area contributed by atoms with Crippen molar-refractivity contribution in [1.29, 1.82) is 0 Å². The Bertz CT molecular complexity index is 499. The van der Waals surface area contributed by atoms with Gasteiger partial charge in [-0.3, -0.25) is 4.79 Å². The van der Waals surface area contributed by atoms with Crippen LogP contribution in [0.5, 0.6) is 5.75 Å². The SMILES string of the molecule is C=CCN(C)C(=O)c1ccc2c(c1)N(C)[C@@H](C)CO2. The van der Waals surface area contributed by atoms with Crippen LogP contribution >= 0.6 is 0 Å². The second-order valence-corrected chi connectivity index (χ2v) is 4.93. The monoisotopic (exact) mass is 260 g/mol. The van der Waals surface area contributed by atoms with Gasteiger partial charge in [-0.25, -0.2) is 0 Å². The van der Waals surface area contributed by atoms with E-state index in [1.54, 1.807) is 18.0 Å². The van der Waals surface area contributed by atoms with Gasteiger partial charge in [-0.05, 0) is 25.1 Å². The molecule has 0 radical (unpaired) electrons. The van der Waals surface area contributed by atoms with Crippen LogP contribution < -0.4 is 9.64 Å². The van der Waals surface area contributed by atoms with Crippen LogP contribution in [0.15, 0.2) is 30.9 Å². The average molecular weight is 260 g/mol. The molecule has 1 aliphatic heterocycles. The zero-order chi connectivity index (χ0) is 14.0. The number of amides is 1. The third-order valence-corrected chi connectivity index (χ3v) is 3.48. The molecule has 1 aromatic carbocycles. The first-order valence-electron chi connectivity index (χ1n) is 6.40. The summed E-state index contributed by atoms with van der Waals surface area (Å²) in [6, 6.07) is 5.88. The lowest BCUT2D eigenvalue weighted by atomic mass is 10.1. The number of rotatable bonds is 3. The molecule has 0 N–H and O–H groups in total. The van der Waals surface area contributed by atoms with E-state index in [1.165, 1.54) is 0 Å². The lowest BCUT2D eigenvalue weighted by molar-refractivity contribution is 0.0810. The van der Waals surface area contributed by atoms with E-state index in [2.05, 4.69) is 18.4 Å². The van der Waals surface area contributed by atoms with Crippen molar-refractivity contribution < 1.29 is 9.53 Å². The Morgan fingerprint density at radius 2 is 2.37 bits per heavy atom. The normalized spacial score (nSPS) is 17.4. The molecule has 0 unspecified atom stereocenters. The van der Waals surface area contributed by atoms with Gasteiger partial charge >= 0.3 is 0 Å². The van der Waals surface area contributed by atoms with E-state index >= 15 is 0 Å². The van der Waals surface area contributed by atoms with E-state index in [-0.39, 0.29) is 5.91 Å². The van der Waals surface area contributed by atoms with Gasteiger partial charge in [0, 0.05) is 26.2 Å². The van der Waals surface area contributed by atoms with Gasteiger partial charge in [0.15, 0.2) is 0 Å². The molecule has 0 aliphatic carbocycles. The molecule has 2 rings (SSSR count). The van der Waals surface area contributed by atoms with Crippen LogP contribution in [0.2, 0.25) is 0 Å². The minimum atomic E-state index is -0.00525. The van der Waals surface area contributed by atoms with Gasteiger partial charge in [-0.1, -0.05) is 6.08 Å². The summed E-state index contributed by atoms with van der Waals surface area (Å²) in [5.41, 5.74) is 1.64. The molecule has 19 heavy (non-hydrogen) atoms. The number of carbonyl (C=O) groups excluding carboxylic acids is 1. The maximum Gasteiger partial charge on any atom is 0.253 e. The van der Waals surface area contributed by atoms with Crippen LogP contribution in [-0.4, -0.2) is 44.1 Å². The summed E-state index contributed by atoms with van der Waals surface area (Å²) in [7, 11) is 3.79. The van der Waals surface area contributed by atoms with Crippen molar-refractivity contribution in [3.05, 3.63) is 36.4 Å². The fourth-order valence-corrected chi connectivity index (χ4v) is 2.10. The zero-order valence-electron chi connectivity index (χ0n) is 11.7. The first-order valence-corrected chi connectivity index (χ1v) is 6.40. The lowest BCUT2D eigenvalue weighted by Crippen LogP contribution is -2.38.